The van der Waals surface area contributed by atoms with E-state index in [1.165, 1.54) is 0 Å². The van der Waals surface area contributed by atoms with E-state index in [-0.39, 0.29) is 6.04 Å². The smallest absolute Gasteiger partial charge is 0.0837 e. The zero-order chi connectivity index (χ0) is 13.3. The SMILES string of the molecule is CCn1ncc(Cl)c1C(N)c1cccc(Br)c1C. The Hall–Kier alpha value is -0.840. The van der Waals surface area contributed by atoms with E-state index in [1.54, 1.807) is 6.20 Å². The van der Waals surface area contributed by atoms with Crippen LogP contribution in [-0.4, -0.2) is 9.78 Å². The van der Waals surface area contributed by atoms with Crippen molar-refractivity contribution in [3.05, 3.63) is 50.7 Å². The monoisotopic (exact) mass is 327 g/mol. The fourth-order valence-electron chi connectivity index (χ4n) is 2.04. The molecular formula is C13H15BrClN3. The summed E-state index contributed by atoms with van der Waals surface area (Å²) in [4.78, 5) is 0. The van der Waals surface area contributed by atoms with Gasteiger partial charge in [0.2, 0.25) is 0 Å². The Kier molecular flexibility index (Phi) is 4.10. The highest BCUT2D eigenvalue weighted by Gasteiger charge is 2.20. The highest BCUT2D eigenvalue weighted by molar-refractivity contribution is 9.10. The fourth-order valence-corrected chi connectivity index (χ4v) is 2.68. The highest BCUT2D eigenvalue weighted by atomic mass is 79.9. The molecule has 0 fully saturated rings. The molecule has 0 aliphatic rings. The molecule has 0 spiro atoms. The van der Waals surface area contributed by atoms with Crippen LogP contribution in [0.2, 0.25) is 5.02 Å². The fraction of sp³-hybridized carbons (Fsp3) is 0.308. The van der Waals surface area contributed by atoms with Crippen molar-refractivity contribution in [2.75, 3.05) is 0 Å². The van der Waals surface area contributed by atoms with Crippen LogP contribution in [0.1, 0.15) is 29.8 Å². The average Bonchev–Trinajstić information content (AvgIpc) is 2.73. The van der Waals surface area contributed by atoms with Crippen molar-refractivity contribution in [2.24, 2.45) is 5.73 Å². The molecule has 0 saturated heterocycles. The summed E-state index contributed by atoms with van der Waals surface area (Å²) in [5.74, 6) is 0. The minimum atomic E-state index is -0.266. The standard InChI is InChI=1S/C13H15BrClN3/c1-3-18-13(11(15)7-17-18)12(16)9-5-4-6-10(14)8(9)2/h4-7,12H,3,16H2,1-2H3. The van der Waals surface area contributed by atoms with Crippen molar-refractivity contribution in [3.8, 4) is 0 Å². The summed E-state index contributed by atoms with van der Waals surface area (Å²) in [7, 11) is 0. The van der Waals surface area contributed by atoms with Crippen LogP contribution in [0.4, 0.5) is 0 Å². The van der Waals surface area contributed by atoms with E-state index in [1.807, 2.05) is 36.7 Å². The van der Waals surface area contributed by atoms with Gasteiger partial charge in [-0.3, -0.25) is 4.68 Å². The average molecular weight is 329 g/mol. The van der Waals surface area contributed by atoms with Crippen LogP contribution < -0.4 is 5.73 Å². The maximum atomic E-state index is 6.34. The molecule has 0 bridgehead atoms. The molecular weight excluding hydrogens is 314 g/mol. The predicted molar refractivity (Wildman–Crippen MR) is 77.8 cm³/mol. The van der Waals surface area contributed by atoms with E-state index in [0.717, 1.165) is 27.8 Å². The zero-order valence-electron chi connectivity index (χ0n) is 10.3. The predicted octanol–water partition coefficient (Wildman–Crippen LogP) is 3.68. The van der Waals surface area contributed by atoms with E-state index in [0.29, 0.717) is 5.02 Å². The first-order valence-corrected chi connectivity index (χ1v) is 6.95. The van der Waals surface area contributed by atoms with Crippen LogP contribution in [0, 0.1) is 6.92 Å². The number of hydrogen-bond donors (Lipinski definition) is 1. The summed E-state index contributed by atoms with van der Waals surface area (Å²) < 4.78 is 2.89. The molecule has 1 heterocycles. The van der Waals surface area contributed by atoms with Crippen molar-refractivity contribution in [2.45, 2.75) is 26.4 Å². The Morgan fingerprint density at radius 3 is 2.89 bits per heavy atom. The second-order valence-corrected chi connectivity index (χ2v) is 5.39. The van der Waals surface area contributed by atoms with Gasteiger partial charge in [-0.15, -0.1) is 0 Å². The summed E-state index contributed by atoms with van der Waals surface area (Å²) in [5, 5.41) is 4.84. The van der Waals surface area contributed by atoms with Gasteiger partial charge in [-0.1, -0.05) is 39.7 Å². The third-order valence-corrected chi connectivity index (χ3v) is 4.22. The molecule has 0 amide bonds. The molecule has 1 aromatic heterocycles. The molecule has 5 heteroatoms. The Balaban J connectivity index is 2.51. The largest absolute Gasteiger partial charge is 0.319 e. The number of nitrogens with two attached hydrogens (primary N) is 1. The lowest BCUT2D eigenvalue weighted by atomic mass is 9.99. The third-order valence-electron chi connectivity index (χ3n) is 3.07. The molecule has 96 valence electrons. The van der Waals surface area contributed by atoms with Crippen LogP contribution in [-0.2, 0) is 6.54 Å². The van der Waals surface area contributed by atoms with Gasteiger partial charge >= 0.3 is 0 Å². The lowest BCUT2D eigenvalue weighted by molar-refractivity contribution is 0.600. The topological polar surface area (TPSA) is 43.8 Å². The minimum absolute atomic E-state index is 0.266. The number of aromatic nitrogens is 2. The van der Waals surface area contributed by atoms with Crippen LogP contribution in [0.5, 0.6) is 0 Å². The van der Waals surface area contributed by atoms with Gasteiger partial charge in [-0.25, -0.2) is 0 Å². The first kappa shape index (κ1) is 13.6. The van der Waals surface area contributed by atoms with E-state index in [2.05, 4.69) is 21.0 Å². The molecule has 2 aromatic rings. The third kappa shape index (κ3) is 2.32. The number of rotatable bonds is 3. The molecule has 3 nitrogen and oxygen atoms in total. The van der Waals surface area contributed by atoms with Crippen LogP contribution in [0.3, 0.4) is 0 Å². The van der Waals surface area contributed by atoms with E-state index in [4.69, 9.17) is 17.3 Å². The van der Waals surface area contributed by atoms with Gasteiger partial charge in [-0.2, -0.15) is 5.10 Å². The van der Waals surface area contributed by atoms with Crippen molar-refractivity contribution in [1.29, 1.82) is 0 Å². The first-order valence-electron chi connectivity index (χ1n) is 5.78. The van der Waals surface area contributed by atoms with Crippen molar-refractivity contribution < 1.29 is 0 Å². The van der Waals surface area contributed by atoms with Gasteiger partial charge in [-0.05, 0) is 31.0 Å². The molecule has 2 N–H and O–H groups in total. The molecule has 0 aliphatic carbocycles. The zero-order valence-corrected chi connectivity index (χ0v) is 12.7. The second kappa shape index (κ2) is 5.43. The van der Waals surface area contributed by atoms with Gasteiger partial charge in [0.05, 0.1) is 23.0 Å². The van der Waals surface area contributed by atoms with E-state index < -0.39 is 0 Å². The maximum absolute atomic E-state index is 6.34. The number of hydrogen-bond acceptors (Lipinski definition) is 2. The van der Waals surface area contributed by atoms with Gasteiger partial charge in [0, 0.05) is 11.0 Å². The van der Waals surface area contributed by atoms with Gasteiger partial charge < -0.3 is 5.73 Å². The summed E-state index contributed by atoms with van der Waals surface area (Å²) in [6.07, 6.45) is 1.65. The maximum Gasteiger partial charge on any atom is 0.0837 e. The van der Waals surface area contributed by atoms with Crippen molar-refractivity contribution in [3.63, 3.8) is 0 Å². The van der Waals surface area contributed by atoms with Crippen LogP contribution in [0.25, 0.3) is 0 Å². The summed E-state index contributed by atoms with van der Waals surface area (Å²) >= 11 is 9.71. The lowest BCUT2D eigenvalue weighted by Crippen LogP contribution is -2.18. The number of halogens is 2. The van der Waals surface area contributed by atoms with Crippen LogP contribution in [0.15, 0.2) is 28.9 Å². The minimum Gasteiger partial charge on any atom is -0.319 e. The highest BCUT2D eigenvalue weighted by Crippen LogP contribution is 2.30. The molecule has 1 atom stereocenters. The molecule has 0 saturated carbocycles. The summed E-state index contributed by atoms with van der Waals surface area (Å²) in [6.45, 7) is 4.82. The van der Waals surface area contributed by atoms with Gasteiger partial charge in [0.1, 0.15) is 0 Å². The number of benzene rings is 1. The summed E-state index contributed by atoms with van der Waals surface area (Å²) in [5.41, 5.74) is 9.39. The summed E-state index contributed by atoms with van der Waals surface area (Å²) in [6, 6.07) is 5.74. The van der Waals surface area contributed by atoms with Crippen molar-refractivity contribution in [1.82, 2.24) is 9.78 Å². The second-order valence-electron chi connectivity index (χ2n) is 4.13. The van der Waals surface area contributed by atoms with E-state index >= 15 is 0 Å². The first-order chi connectivity index (χ1) is 8.56. The van der Waals surface area contributed by atoms with Gasteiger partial charge in [0.25, 0.3) is 0 Å². The van der Waals surface area contributed by atoms with Gasteiger partial charge in [0.15, 0.2) is 0 Å². The lowest BCUT2D eigenvalue weighted by Gasteiger charge is -2.17. The Bertz CT molecular complexity index is 565. The van der Waals surface area contributed by atoms with E-state index in [9.17, 15) is 0 Å². The molecule has 0 aliphatic heterocycles. The Morgan fingerprint density at radius 1 is 1.50 bits per heavy atom. The molecule has 1 aromatic carbocycles. The van der Waals surface area contributed by atoms with Crippen LogP contribution >= 0.6 is 27.5 Å². The molecule has 18 heavy (non-hydrogen) atoms. The molecule has 0 radical (unpaired) electrons. The Labute approximate surface area is 120 Å². The number of nitrogens with zero attached hydrogens (tertiary/aromatic N) is 2. The van der Waals surface area contributed by atoms with Crippen molar-refractivity contribution >= 4 is 27.5 Å². The molecule has 1 unspecified atom stereocenters. The normalized spacial score (nSPS) is 12.7. The molecule has 2 rings (SSSR count). The quantitative estimate of drug-likeness (QED) is 0.934. The number of aryl methyl sites for hydroxylation is 1. The Morgan fingerprint density at radius 2 is 2.22 bits per heavy atom.